The summed E-state index contributed by atoms with van der Waals surface area (Å²) in [7, 11) is 0. The lowest BCUT2D eigenvalue weighted by Gasteiger charge is -2.23. The molecule has 90 valence electrons. The van der Waals surface area contributed by atoms with E-state index in [-0.39, 0.29) is 5.56 Å². The lowest BCUT2D eigenvalue weighted by atomic mass is 10.0. The molecule has 0 aliphatic rings. The van der Waals surface area contributed by atoms with Crippen LogP contribution in [0.4, 0.5) is 5.69 Å². The molecule has 0 bridgehead atoms. The molecule has 17 heavy (non-hydrogen) atoms. The van der Waals surface area contributed by atoms with E-state index in [4.69, 9.17) is 6.42 Å². The maximum atomic E-state index is 11.3. The van der Waals surface area contributed by atoms with Crippen LogP contribution in [0.5, 0.6) is 0 Å². The summed E-state index contributed by atoms with van der Waals surface area (Å²) in [6.45, 7) is 3.65. The Morgan fingerprint density at radius 3 is 2.65 bits per heavy atom. The summed E-state index contributed by atoms with van der Waals surface area (Å²) >= 11 is 1.40. The van der Waals surface area contributed by atoms with Crippen molar-refractivity contribution >= 4 is 23.4 Å². The molecule has 0 atom stereocenters. The Labute approximate surface area is 106 Å². The molecule has 0 aliphatic heterocycles. The van der Waals surface area contributed by atoms with E-state index in [1.807, 2.05) is 26.2 Å². The molecule has 0 saturated heterocycles. The van der Waals surface area contributed by atoms with Crippen LogP contribution in [0.2, 0.25) is 0 Å². The molecule has 0 fully saturated rings. The number of thioether (sulfide) groups is 1. The van der Waals surface area contributed by atoms with Gasteiger partial charge in [-0.1, -0.05) is 12.0 Å². The highest BCUT2D eigenvalue weighted by Gasteiger charge is 2.20. The van der Waals surface area contributed by atoms with Crippen molar-refractivity contribution in [2.24, 2.45) is 0 Å². The number of rotatable bonds is 4. The number of hydrogen-bond acceptors (Lipinski definition) is 3. The van der Waals surface area contributed by atoms with Crippen molar-refractivity contribution in [3.05, 3.63) is 23.8 Å². The highest BCUT2D eigenvalue weighted by atomic mass is 32.2. The van der Waals surface area contributed by atoms with Gasteiger partial charge in [-0.05, 0) is 32.2 Å². The van der Waals surface area contributed by atoms with Gasteiger partial charge in [0.05, 0.1) is 16.8 Å². The van der Waals surface area contributed by atoms with E-state index in [1.54, 1.807) is 12.1 Å². The number of benzene rings is 1. The first kappa shape index (κ1) is 13.5. The summed E-state index contributed by atoms with van der Waals surface area (Å²) in [5, 5.41) is 12.3. The van der Waals surface area contributed by atoms with Gasteiger partial charge in [0, 0.05) is 4.90 Å². The van der Waals surface area contributed by atoms with Gasteiger partial charge in [0.2, 0.25) is 0 Å². The molecular formula is C13H15NO2S. The number of carbonyl (C=O) groups is 1. The zero-order chi connectivity index (χ0) is 13.1. The van der Waals surface area contributed by atoms with Crippen LogP contribution < -0.4 is 5.32 Å². The van der Waals surface area contributed by atoms with E-state index < -0.39 is 11.5 Å². The Balaban J connectivity index is 3.25. The molecule has 1 aromatic rings. The van der Waals surface area contributed by atoms with Gasteiger partial charge in [-0.3, -0.25) is 0 Å². The fraction of sp³-hybridized carbons (Fsp3) is 0.308. The highest BCUT2D eigenvalue weighted by Crippen LogP contribution is 2.28. The van der Waals surface area contributed by atoms with Crippen LogP contribution in [0, 0.1) is 12.3 Å². The number of hydrogen-bond donors (Lipinski definition) is 2. The topological polar surface area (TPSA) is 49.3 Å². The fourth-order valence-electron chi connectivity index (χ4n) is 1.40. The quantitative estimate of drug-likeness (QED) is 0.636. The van der Waals surface area contributed by atoms with Crippen molar-refractivity contribution in [3.63, 3.8) is 0 Å². The second-order valence-electron chi connectivity index (χ2n) is 4.08. The van der Waals surface area contributed by atoms with E-state index in [0.717, 1.165) is 4.90 Å². The Kier molecular flexibility index (Phi) is 4.08. The van der Waals surface area contributed by atoms with E-state index >= 15 is 0 Å². The van der Waals surface area contributed by atoms with E-state index in [1.165, 1.54) is 11.8 Å². The summed E-state index contributed by atoms with van der Waals surface area (Å²) in [6.07, 6.45) is 7.23. The first-order valence-electron chi connectivity index (χ1n) is 5.07. The zero-order valence-corrected chi connectivity index (χ0v) is 10.9. The van der Waals surface area contributed by atoms with Crippen LogP contribution in [0.15, 0.2) is 23.1 Å². The second-order valence-corrected chi connectivity index (χ2v) is 4.93. The average Bonchev–Trinajstić information content (AvgIpc) is 2.27. The third-order valence-electron chi connectivity index (χ3n) is 2.27. The van der Waals surface area contributed by atoms with Gasteiger partial charge >= 0.3 is 5.97 Å². The van der Waals surface area contributed by atoms with Crippen LogP contribution in [0.25, 0.3) is 0 Å². The SMILES string of the molecule is C#CC(C)(C)Nc1cccc(SC)c1C(=O)O. The van der Waals surface area contributed by atoms with E-state index in [2.05, 4.69) is 11.2 Å². The van der Waals surface area contributed by atoms with Crippen LogP contribution >= 0.6 is 11.8 Å². The third-order valence-corrected chi connectivity index (χ3v) is 3.05. The average molecular weight is 249 g/mol. The number of terminal acetylenes is 1. The Morgan fingerprint density at radius 1 is 1.53 bits per heavy atom. The Hall–Kier alpha value is -1.60. The molecule has 0 unspecified atom stereocenters. The van der Waals surface area contributed by atoms with Gasteiger partial charge in [0.15, 0.2) is 0 Å². The van der Waals surface area contributed by atoms with Crippen molar-refractivity contribution < 1.29 is 9.90 Å². The molecule has 2 N–H and O–H groups in total. The molecule has 1 aromatic carbocycles. The maximum Gasteiger partial charge on any atom is 0.338 e. The van der Waals surface area contributed by atoms with Crippen molar-refractivity contribution in [3.8, 4) is 12.3 Å². The largest absolute Gasteiger partial charge is 0.478 e. The standard InChI is InChI=1S/C13H15NO2S/c1-5-13(2,3)14-9-7-6-8-10(17-4)11(9)12(15)16/h1,6-8,14H,2-4H3,(H,15,16). The molecule has 1 rings (SSSR count). The first-order chi connectivity index (χ1) is 7.91. The number of carboxylic acid groups (broad SMARTS) is 1. The Bertz CT molecular complexity index is 475. The summed E-state index contributed by atoms with van der Waals surface area (Å²) in [4.78, 5) is 12.0. The monoisotopic (exact) mass is 249 g/mol. The van der Waals surface area contributed by atoms with Gasteiger partial charge in [-0.25, -0.2) is 4.79 Å². The molecule has 0 aliphatic carbocycles. The summed E-state index contributed by atoms with van der Waals surface area (Å²) < 4.78 is 0. The summed E-state index contributed by atoms with van der Waals surface area (Å²) in [5.74, 6) is 1.63. The van der Waals surface area contributed by atoms with Crippen molar-refractivity contribution in [1.29, 1.82) is 0 Å². The molecule has 4 heteroatoms. The molecule has 3 nitrogen and oxygen atoms in total. The van der Waals surface area contributed by atoms with Gasteiger partial charge in [-0.2, -0.15) is 0 Å². The maximum absolute atomic E-state index is 11.3. The van der Waals surface area contributed by atoms with Gasteiger partial charge in [0.25, 0.3) is 0 Å². The van der Waals surface area contributed by atoms with Crippen LogP contribution in [-0.2, 0) is 0 Å². The first-order valence-corrected chi connectivity index (χ1v) is 6.30. The molecule has 0 spiro atoms. The summed E-state index contributed by atoms with van der Waals surface area (Å²) in [6, 6.07) is 5.32. The number of anilines is 1. The van der Waals surface area contributed by atoms with Crippen LogP contribution in [-0.4, -0.2) is 22.9 Å². The molecule has 0 saturated carbocycles. The third kappa shape index (κ3) is 3.18. The zero-order valence-electron chi connectivity index (χ0n) is 10.1. The fourth-order valence-corrected chi connectivity index (χ4v) is 2.01. The van der Waals surface area contributed by atoms with Crippen LogP contribution in [0.3, 0.4) is 0 Å². The molecule has 0 amide bonds. The minimum atomic E-state index is -0.953. The Morgan fingerprint density at radius 2 is 2.18 bits per heavy atom. The van der Waals surface area contributed by atoms with Crippen molar-refractivity contribution in [2.45, 2.75) is 24.3 Å². The normalized spacial score (nSPS) is 10.7. The highest BCUT2D eigenvalue weighted by molar-refractivity contribution is 7.98. The molecule has 0 radical (unpaired) electrons. The van der Waals surface area contributed by atoms with Crippen molar-refractivity contribution in [2.75, 3.05) is 11.6 Å². The van der Waals surface area contributed by atoms with Gasteiger partial charge < -0.3 is 10.4 Å². The summed E-state index contributed by atoms with van der Waals surface area (Å²) in [5.41, 5.74) is 0.233. The predicted octanol–water partition coefficient (Wildman–Crippen LogP) is 2.93. The smallest absolute Gasteiger partial charge is 0.338 e. The second kappa shape index (κ2) is 5.15. The van der Waals surface area contributed by atoms with Crippen molar-refractivity contribution in [1.82, 2.24) is 0 Å². The van der Waals surface area contributed by atoms with Gasteiger partial charge in [0.1, 0.15) is 0 Å². The number of nitrogens with one attached hydrogen (secondary N) is 1. The lowest BCUT2D eigenvalue weighted by Crippen LogP contribution is -2.29. The van der Waals surface area contributed by atoms with Gasteiger partial charge in [-0.15, -0.1) is 18.2 Å². The predicted molar refractivity (Wildman–Crippen MR) is 71.7 cm³/mol. The molecular weight excluding hydrogens is 234 g/mol. The van der Waals surface area contributed by atoms with Crippen LogP contribution in [0.1, 0.15) is 24.2 Å². The van der Waals surface area contributed by atoms with E-state index in [9.17, 15) is 9.90 Å². The van der Waals surface area contributed by atoms with E-state index in [0.29, 0.717) is 5.69 Å². The molecule has 0 aromatic heterocycles. The minimum Gasteiger partial charge on any atom is -0.478 e. The number of aromatic carboxylic acids is 1. The molecule has 0 heterocycles. The minimum absolute atomic E-state index is 0.267. The lowest BCUT2D eigenvalue weighted by molar-refractivity contribution is 0.0694. The number of carboxylic acids is 1.